The molecular formula is C12H22N2O4. The first-order chi connectivity index (χ1) is 8.49. The van der Waals surface area contributed by atoms with Crippen molar-refractivity contribution in [2.75, 3.05) is 13.2 Å². The summed E-state index contributed by atoms with van der Waals surface area (Å²) < 4.78 is 5.20. The Labute approximate surface area is 107 Å². The molecule has 0 aromatic heterocycles. The maximum Gasteiger partial charge on any atom is 0.315 e. The van der Waals surface area contributed by atoms with E-state index in [0.717, 1.165) is 12.8 Å². The van der Waals surface area contributed by atoms with Gasteiger partial charge in [0.15, 0.2) is 0 Å². The number of carboxylic acids is 1. The lowest BCUT2D eigenvalue weighted by molar-refractivity contribution is -0.137. The summed E-state index contributed by atoms with van der Waals surface area (Å²) >= 11 is 0. The summed E-state index contributed by atoms with van der Waals surface area (Å²) in [6.07, 6.45) is 1.55. The molecule has 6 heteroatoms. The van der Waals surface area contributed by atoms with Crippen LogP contribution in [-0.2, 0) is 9.53 Å². The molecule has 0 bridgehead atoms. The molecule has 104 valence electrons. The molecule has 0 aliphatic carbocycles. The minimum absolute atomic E-state index is 0.0567. The highest BCUT2D eigenvalue weighted by molar-refractivity contribution is 5.76. The molecule has 1 saturated heterocycles. The minimum atomic E-state index is -0.903. The molecule has 0 aromatic carbocycles. The van der Waals surface area contributed by atoms with Gasteiger partial charge in [-0.3, -0.25) is 4.79 Å². The predicted octanol–water partition coefficient (Wildman–Crippen LogP) is 0.964. The number of nitrogens with one attached hydrogen (secondary N) is 2. The Morgan fingerprint density at radius 1 is 1.33 bits per heavy atom. The molecule has 1 aliphatic rings. The Morgan fingerprint density at radius 3 is 2.44 bits per heavy atom. The predicted molar refractivity (Wildman–Crippen MR) is 66.4 cm³/mol. The number of hydrogen-bond acceptors (Lipinski definition) is 3. The van der Waals surface area contributed by atoms with Crippen molar-refractivity contribution in [1.82, 2.24) is 10.6 Å². The second-order valence-corrected chi connectivity index (χ2v) is 4.95. The molecule has 0 radical (unpaired) electrons. The number of urea groups is 1. The first-order valence-electron chi connectivity index (χ1n) is 6.35. The van der Waals surface area contributed by atoms with E-state index in [1.165, 1.54) is 0 Å². The van der Waals surface area contributed by atoms with Crippen molar-refractivity contribution in [1.29, 1.82) is 0 Å². The van der Waals surface area contributed by atoms with Gasteiger partial charge in [0.25, 0.3) is 0 Å². The van der Waals surface area contributed by atoms with Crippen LogP contribution in [0.1, 0.15) is 33.1 Å². The summed E-state index contributed by atoms with van der Waals surface area (Å²) in [5, 5.41) is 14.4. The lowest BCUT2D eigenvalue weighted by Gasteiger charge is -2.26. The Morgan fingerprint density at radius 2 is 1.94 bits per heavy atom. The highest BCUT2D eigenvalue weighted by atomic mass is 16.5. The fraction of sp³-hybridized carbons (Fsp3) is 0.833. The van der Waals surface area contributed by atoms with Crippen LogP contribution in [0.5, 0.6) is 0 Å². The normalized spacial score (nSPS) is 18.4. The Kier molecular flexibility index (Phi) is 5.91. The number of carboxylic acid groups (broad SMARTS) is 1. The van der Waals surface area contributed by atoms with Gasteiger partial charge >= 0.3 is 12.0 Å². The molecule has 3 N–H and O–H groups in total. The van der Waals surface area contributed by atoms with Gasteiger partial charge in [-0.25, -0.2) is 4.79 Å². The molecule has 1 atom stereocenters. The van der Waals surface area contributed by atoms with Crippen molar-refractivity contribution in [2.24, 2.45) is 5.92 Å². The minimum Gasteiger partial charge on any atom is -0.481 e. The SMILES string of the molecule is CC(C)C(CC(=O)O)NC(=O)NC1CCOCC1. The molecule has 2 amide bonds. The van der Waals surface area contributed by atoms with Crippen LogP contribution in [0.25, 0.3) is 0 Å². The Balaban J connectivity index is 2.37. The molecule has 18 heavy (non-hydrogen) atoms. The van der Waals surface area contributed by atoms with Crippen molar-refractivity contribution in [2.45, 2.75) is 45.2 Å². The first kappa shape index (κ1) is 14.8. The molecule has 1 aliphatic heterocycles. The van der Waals surface area contributed by atoms with E-state index >= 15 is 0 Å². The van der Waals surface area contributed by atoms with Gasteiger partial charge in [0.2, 0.25) is 0 Å². The van der Waals surface area contributed by atoms with Gasteiger partial charge in [0.05, 0.1) is 6.42 Å². The fourth-order valence-electron chi connectivity index (χ4n) is 1.88. The standard InChI is InChI=1S/C12H22N2O4/c1-8(2)10(7-11(15)16)14-12(17)13-9-3-5-18-6-4-9/h8-10H,3-7H2,1-2H3,(H,15,16)(H2,13,14,17). The molecule has 1 rings (SSSR count). The van der Waals surface area contributed by atoms with Crippen molar-refractivity contribution in [3.05, 3.63) is 0 Å². The highest BCUT2D eigenvalue weighted by Gasteiger charge is 2.21. The maximum atomic E-state index is 11.8. The topological polar surface area (TPSA) is 87.7 Å². The number of aliphatic carboxylic acids is 1. The summed E-state index contributed by atoms with van der Waals surface area (Å²) in [5.41, 5.74) is 0. The maximum absolute atomic E-state index is 11.8. The van der Waals surface area contributed by atoms with E-state index < -0.39 is 5.97 Å². The lowest BCUT2D eigenvalue weighted by Crippen LogP contribution is -2.49. The van der Waals surface area contributed by atoms with E-state index in [0.29, 0.717) is 13.2 Å². The van der Waals surface area contributed by atoms with E-state index in [2.05, 4.69) is 10.6 Å². The Hall–Kier alpha value is -1.30. The van der Waals surface area contributed by atoms with Crippen molar-refractivity contribution in [3.8, 4) is 0 Å². The van der Waals surface area contributed by atoms with E-state index in [4.69, 9.17) is 9.84 Å². The fourth-order valence-corrected chi connectivity index (χ4v) is 1.88. The summed E-state index contributed by atoms with van der Waals surface area (Å²) in [6, 6.07) is -0.513. The van der Waals surface area contributed by atoms with E-state index in [1.807, 2.05) is 13.8 Å². The number of ether oxygens (including phenoxy) is 1. The Bertz CT molecular complexity index is 288. The van der Waals surface area contributed by atoms with Crippen LogP contribution < -0.4 is 10.6 Å². The summed E-state index contributed by atoms with van der Waals surface area (Å²) in [5.74, 6) is -0.818. The number of amides is 2. The molecule has 1 heterocycles. The molecular weight excluding hydrogens is 236 g/mol. The largest absolute Gasteiger partial charge is 0.481 e. The van der Waals surface area contributed by atoms with Gasteiger partial charge in [0.1, 0.15) is 0 Å². The third kappa shape index (κ3) is 5.35. The molecule has 0 aromatic rings. The van der Waals surface area contributed by atoms with Gasteiger partial charge in [-0.15, -0.1) is 0 Å². The smallest absolute Gasteiger partial charge is 0.315 e. The van der Waals surface area contributed by atoms with Gasteiger partial charge in [-0.05, 0) is 18.8 Å². The van der Waals surface area contributed by atoms with E-state index in [9.17, 15) is 9.59 Å². The first-order valence-corrected chi connectivity index (χ1v) is 6.35. The van der Waals surface area contributed by atoms with Gasteiger partial charge in [-0.2, -0.15) is 0 Å². The second-order valence-electron chi connectivity index (χ2n) is 4.95. The van der Waals surface area contributed by atoms with E-state index in [1.54, 1.807) is 0 Å². The molecule has 1 fully saturated rings. The summed E-state index contributed by atoms with van der Waals surface area (Å²) in [7, 11) is 0. The average molecular weight is 258 g/mol. The van der Waals surface area contributed by atoms with Crippen LogP contribution in [0, 0.1) is 5.92 Å². The van der Waals surface area contributed by atoms with Crippen LogP contribution in [0.2, 0.25) is 0 Å². The summed E-state index contributed by atoms with van der Waals surface area (Å²) in [4.78, 5) is 22.4. The van der Waals surface area contributed by atoms with Gasteiger partial charge in [0, 0.05) is 25.3 Å². The van der Waals surface area contributed by atoms with Crippen LogP contribution >= 0.6 is 0 Å². The van der Waals surface area contributed by atoms with Crippen molar-refractivity contribution in [3.63, 3.8) is 0 Å². The molecule has 1 unspecified atom stereocenters. The highest BCUT2D eigenvalue weighted by Crippen LogP contribution is 2.08. The average Bonchev–Trinajstić information content (AvgIpc) is 2.28. The van der Waals surface area contributed by atoms with Crippen molar-refractivity contribution < 1.29 is 19.4 Å². The third-order valence-electron chi connectivity index (χ3n) is 3.07. The third-order valence-corrected chi connectivity index (χ3v) is 3.07. The summed E-state index contributed by atoms with van der Waals surface area (Å²) in [6.45, 7) is 5.10. The molecule has 0 spiro atoms. The number of hydrogen-bond donors (Lipinski definition) is 3. The second kappa shape index (κ2) is 7.20. The van der Waals surface area contributed by atoms with Gasteiger partial charge < -0.3 is 20.5 Å². The van der Waals surface area contributed by atoms with Crippen molar-refractivity contribution >= 4 is 12.0 Å². The van der Waals surface area contributed by atoms with Crippen LogP contribution in [-0.4, -0.2) is 42.4 Å². The number of carbonyl (C=O) groups excluding carboxylic acids is 1. The zero-order valence-electron chi connectivity index (χ0n) is 10.9. The quantitative estimate of drug-likeness (QED) is 0.685. The molecule has 0 saturated carbocycles. The van der Waals surface area contributed by atoms with E-state index in [-0.39, 0.29) is 30.5 Å². The van der Waals surface area contributed by atoms with Crippen LogP contribution in [0.4, 0.5) is 4.79 Å². The zero-order chi connectivity index (χ0) is 13.5. The zero-order valence-corrected chi connectivity index (χ0v) is 10.9. The van der Waals surface area contributed by atoms with Gasteiger partial charge in [-0.1, -0.05) is 13.8 Å². The van der Waals surface area contributed by atoms with Crippen LogP contribution in [0.15, 0.2) is 0 Å². The molecule has 6 nitrogen and oxygen atoms in total. The van der Waals surface area contributed by atoms with Crippen LogP contribution in [0.3, 0.4) is 0 Å². The number of rotatable bonds is 5. The monoisotopic (exact) mass is 258 g/mol. The number of carbonyl (C=O) groups is 2. The lowest BCUT2D eigenvalue weighted by atomic mass is 10.0.